The Balaban J connectivity index is 1.75. The third-order valence-electron chi connectivity index (χ3n) is 5.06. The maximum absolute atomic E-state index is 12.7. The van der Waals surface area contributed by atoms with Crippen LogP contribution in [0.4, 0.5) is 11.6 Å². The molecule has 2 N–H and O–H groups in total. The minimum atomic E-state index is -0.455. The molecule has 1 aliphatic rings. The highest BCUT2D eigenvalue weighted by atomic mass is 16.5. The van der Waals surface area contributed by atoms with Crippen molar-refractivity contribution in [2.45, 2.75) is 6.04 Å². The van der Waals surface area contributed by atoms with Crippen LogP contribution in [0.2, 0.25) is 0 Å². The number of hydrogen-bond acceptors (Lipinski definition) is 8. The van der Waals surface area contributed by atoms with Crippen LogP contribution in [0.5, 0.6) is 11.5 Å². The van der Waals surface area contributed by atoms with E-state index in [0.29, 0.717) is 22.9 Å². The number of anilines is 2. The van der Waals surface area contributed by atoms with Crippen LogP contribution < -0.4 is 20.3 Å². The van der Waals surface area contributed by atoms with Crippen molar-refractivity contribution in [3.05, 3.63) is 70.0 Å². The molecule has 0 fully saturated rings. The lowest BCUT2D eigenvalue weighted by molar-refractivity contribution is 0.414. The lowest BCUT2D eigenvalue weighted by Crippen LogP contribution is -2.29. The van der Waals surface area contributed by atoms with Crippen molar-refractivity contribution >= 4 is 11.6 Å². The van der Waals surface area contributed by atoms with Crippen LogP contribution in [0.25, 0.3) is 11.3 Å². The summed E-state index contributed by atoms with van der Waals surface area (Å²) in [4.78, 5) is 12.7. The zero-order valence-corrected chi connectivity index (χ0v) is 16.2. The van der Waals surface area contributed by atoms with Gasteiger partial charge in [0.1, 0.15) is 23.2 Å². The van der Waals surface area contributed by atoms with E-state index in [-0.39, 0.29) is 5.56 Å². The van der Waals surface area contributed by atoms with E-state index in [2.05, 4.69) is 31.0 Å². The monoisotopic (exact) mass is 403 g/mol. The molecule has 0 bridgehead atoms. The maximum Gasteiger partial charge on any atom is 0.288 e. The molecule has 1 atom stereocenters. The Morgan fingerprint density at radius 2 is 1.63 bits per heavy atom. The smallest absolute Gasteiger partial charge is 0.288 e. The summed E-state index contributed by atoms with van der Waals surface area (Å²) in [5.41, 5.74) is 3.00. The molecule has 0 amide bonds. The summed E-state index contributed by atoms with van der Waals surface area (Å²) in [6, 6.07) is 14.6. The minimum absolute atomic E-state index is 0.352. The fourth-order valence-electron chi connectivity index (χ4n) is 3.60. The molecule has 4 aromatic rings. The van der Waals surface area contributed by atoms with E-state index in [4.69, 9.17) is 9.47 Å². The van der Waals surface area contributed by atoms with Gasteiger partial charge in [0.15, 0.2) is 0 Å². The van der Waals surface area contributed by atoms with Gasteiger partial charge < -0.3 is 14.8 Å². The quantitative estimate of drug-likeness (QED) is 0.468. The van der Waals surface area contributed by atoms with E-state index in [1.165, 1.54) is 0 Å². The van der Waals surface area contributed by atoms with Gasteiger partial charge in [-0.05, 0) is 52.4 Å². The number of tetrazole rings is 1. The molecule has 0 aliphatic carbocycles. The molecule has 150 valence electrons. The van der Waals surface area contributed by atoms with Crippen molar-refractivity contribution in [2.75, 3.05) is 19.5 Å². The van der Waals surface area contributed by atoms with Gasteiger partial charge in [0, 0.05) is 11.1 Å². The number of aromatic amines is 1. The van der Waals surface area contributed by atoms with Crippen LogP contribution in [-0.2, 0) is 0 Å². The van der Waals surface area contributed by atoms with E-state index < -0.39 is 6.04 Å². The zero-order chi connectivity index (χ0) is 20.7. The Hall–Kier alpha value is -4.21. The molecule has 3 heterocycles. The average molecular weight is 403 g/mol. The molecule has 2 aromatic carbocycles. The summed E-state index contributed by atoms with van der Waals surface area (Å²) >= 11 is 0. The molecule has 10 nitrogen and oxygen atoms in total. The summed E-state index contributed by atoms with van der Waals surface area (Å²) < 4.78 is 12.2. The predicted molar refractivity (Wildman–Crippen MR) is 108 cm³/mol. The first-order valence-corrected chi connectivity index (χ1v) is 9.15. The van der Waals surface area contributed by atoms with Gasteiger partial charge in [-0.1, -0.05) is 17.2 Å². The number of nitrogens with one attached hydrogen (secondary N) is 2. The van der Waals surface area contributed by atoms with Gasteiger partial charge in [0.05, 0.1) is 19.9 Å². The summed E-state index contributed by atoms with van der Waals surface area (Å²) in [6.07, 6.45) is 0. The topological polar surface area (TPSA) is 120 Å². The minimum Gasteiger partial charge on any atom is -0.497 e. The summed E-state index contributed by atoms with van der Waals surface area (Å²) in [7, 11) is 3.22. The Kier molecular flexibility index (Phi) is 4.16. The van der Waals surface area contributed by atoms with E-state index >= 15 is 0 Å². The number of aromatic nitrogens is 6. The molecule has 10 heteroatoms. The maximum atomic E-state index is 12.7. The first kappa shape index (κ1) is 17.9. The molecular weight excluding hydrogens is 386 g/mol. The number of fused-ring (bicyclic) bond motifs is 2. The van der Waals surface area contributed by atoms with Gasteiger partial charge in [-0.25, -0.2) is 5.10 Å². The van der Waals surface area contributed by atoms with Gasteiger partial charge in [0.25, 0.3) is 5.56 Å². The lowest BCUT2D eigenvalue weighted by Gasteiger charge is -2.27. The van der Waals surface area contributed by atoms with Gasteiger partial charge in [-0.2, -0.15) is 9.78 Å². The molecule has 5 rings (SSSR count). The highest BCUT2D eigenvalue weighted by molar-refractivity contribution is 5.75. The zero-order valence-electron chi connectivity index (χ0n) is 16.2. The fraction of sp³-hybridized carbons (Fsp3) is 0.150. The number of benzene rings is 2. The third kappa shape index (κ3) is 2.77. The van der Waals surface area contributed by atoms with Crippen LogP contribution in [0, 0.1) is 0 Å². The first-order chi connectivity index (χ1) is 14.7. The Bertz CT molecular complexity index is 1260. The normalized spacial score (nSPS) is 14.4. The van der Waals surface area contributed by atoms with Gasteiger partial charge >= 0.3 is 0 Å². The summed E-state index contributed by atoms with van der Waals surface area (Å²) in [6.45, 7) is 0. The summed E-state index contributed by atoms with van der Waals surface area (Å²) in [5.74, 6) is 1.83. The number of H-pyrrole nitrogens is 1. The second kappa shape index (κ2) is 6.99. The van der Waals surface area contributed by atoms with Gasteiger partial charge in [0.2, 0.25) is 5.95 Å². The number of methoxy groups -OCH3 is 2. The van der Waals surface area contributed by atoms with Crippen molar-refractivity contribution in [1.82, 2.24) is 30.4 Å². The average Bonchev–Trinajstić information content (AvgIpc) is 3.27. The molecule has 0 unspecified atom stereocenters. The van der Waals surface area contributed by atoms with Crippen molar-refractivity contribution in [3.8, 4) is 22.8 Å². The lowest BCUT2D eigenvalue weighted by atomic mass is 9.92. The number of hydrogen-bond donors (Lipinski definition) is 2. The molecule has 2 aromatic heterocycles. The number of nitrogens with zero attached hydrogens (tertiary/aromatic N) is 5. The van der Waals surface area contributed by atoms with Crippen molar-refractivity contribution in [3.63, 3.8) is 0 Å². The molecule has 0 radical (unpaired) electrons. The van der Waals surface area contributed by atoms with Crippen LogP contribution in [0.1, 0.15) is 17.2 Å². The van der Waals surface area contributed by atoms with Crippen molar-refractivity contribution in [2.24, 2.45) is 0 Å². The molecule has 0 spiro atoms. The number of rotatable bonds is 4. The number of ether oxygens (including phenoxy) is 2. The highest BCUT2D eigenvalue weighted by Crippen LogP contribution is 2.41. The standard InChI is InChI=1S/C20H17N7O3/c1-29-13-7-3-11(4-8-13)16-15-17(19(28)23-22-16)21-20-24-25-26-27(20)18(15)12-5-9-14(30-2)10-6-12/h3-10,18H,1-2H3,(H,23,28)(H,21,24,26)/t18-/m0/s1. The second-order valence-electron chi connectivity index (χ2n) is 6.67. The second-order valence-corrected chi connectivity index (χ2v) is 6.67. The Morgan fingerprint density at radius 1 is 0.967 bits per heavy atom. The van der Waals surface area contributed by atoms with Crippen LogP contribution >= 0.6 is 0 Å². The first-order valence-electron chi connectivity index (χ1n) is 9.15. The van der Waals surface area contributed by atoms with Crippen LogP contribution in [0.3, 0.4) is 0 Å². The summed E-state index contributed by atoms with van der Waals surface area (Å²) in [5, 5.41) is 21.9. The predicted octanol–water partition coefficient (Wildman–Crippen LogP) is 2.14. The Morgan fingerprint density at radius 3 is 2.30 bits per heavy atom. The van der Waals surface area contributed by atoms with E-state index in [0.717, 1.165) is 22.6 Å². The van der Waals surface area contributed by atoms with Crippen molar-refractivity contribution in [1.29, 1.82) is 0 Å². The van der Waals surface area contributed by atoms with Gasteiger partial charge in [-0.15, -0.1) is 0 Å². The van der Waals surface area contributed by atoms with Crippen LogP contribution in [-0.4, -0.2) is 44.6 Å². The molecule has 30 heavy (non-hydrogen) atoms. The molecular formula is C20H17N7O3. The van der Waals surface area contributed by atoms with E-state index in [1.54, 1.807) is 18.9 Å². The fourth-order valence-corrected chi connectivity index (χ4v) is 3.60. The largest absolute Gasteiger partial charge is 0.497 e. The third-order valence-corrected chi connectivity index (χ3v) is 5.06. The van der Waals surface area contributed by atoms with E-state index in [1.807, 2.05) is 48.5 Å². The van der Waals surface area contributed by atoms with Crippen LogP contribution in [0.15, 0.2) is 53.3 Å². The van der Waals surface area contributed by atoms with Crippen molar-refractivity contribution < 1.29 is 9.47 Å². The highest BCUT2D eigenvalue weighted by Gasteiger charge is 2.34. The van der Waals surface area contributed by atoms with Gasteiger partial charge in [-0.3, -0.25) is 4.79 Å². The molecule has 1 aliphatic heterocycles. The molecule has 0 saturated heterocycles. The van der Waals surface area contributed by atoms with E-state index in [9.17, 15) is 4.79 Å². The SMILES string of the molecule is COc1ccc(-c2n[nH]c(=O)c3c2[C@H](c2ccc(OC)cc2)n2nnnc2N3)cc1. The Labute approximate surface area is 170 Å². The molecule has 0 saturated carbocycles.